The molecule has 0 atom stereocenters. The Morgan fingerprint density at radius 2 is 1.38 bits per heavy atom. The number of nitrogens with zero attached hydrogens (tertiary/aromatic N) is 2. The standard InChI is InChI=1S/C18H8ClF12N3/c19-10-3-1-2-4-11(10)34-8(5-12(15(20,21)22)16(23,24)25)6-14(17(26,27)28,18(29,30)31)9(7-32)13(34)33/h1-6H,33H2. The summed E-state index contributed by atoms with van der Waals surface area (Å²) in [6.07, 6.45) is -27.4. The molecule has 0 aromatic heterocycles. The highest BCUT2D eigenvalue weighted by atomic mass is 35.5. The van der Waals surface area contributed by atoms with Crippen molar-refractivity contribution in [1.29, 1.82) is 5.26 Å². The molecule has 3 nitrogen and oxygen atoms in total. The third kappa shape index (κ3) is 4.50. The topological polar surface area (TPSA) is 53.1 Å². The number of nitrogens with two attached hydrogens (primary N) is 1. The van der Waals surface area contributed by atoms with Crippen molar-refractivity contribution in [2.24, 2.45) is 11.1 Å². The molecule has 0 unspecified atom stereocenters. The van der Waals surface area contributed by atoms with Gasteiger partial charge in [0, 0.05) is 5.70 Å². The van der Waals surface area contributed by atoms with E-state index in [9.17, 15) is 52.7 Å². The van der Waals surface area contributed by atoms with E-state index >= 15 is 0 Å². The summed E-state index contributed by atoms with van der Waals surface area (Å²) >= 11 is 5.81. The van der Waals surface area contributed by atoms with Crippen molar-refractivity contribution in [3.05, 3.63) is 64.1 Å². The fraction of sp³-hybridized carbons (Fsp3) is 0.278. The molecule has 2 rings (SSSR count). The van der Waals surface area contributed by atoms with Gasteiger partial charge in [-0.25, -0.2) is 0 Å². The van der Waals surface area contributed by atoms with E-state index < -0.39 is 75.6 Å². The van der Waals surface area contributed by atoms with Crippen LogP contribution in [0.2, 0.25) is 5.02 Å². The van der Waals surface area contributed by atoms with Gasteiger partial charge in [-0.2, -0.15) is 57.9 Å². The molecule has 0 spiro atoms. The summed E-state index contributed by atoms with van der Waals surface area (Å²) in [7, 11) is 0. The summed E-state index contributed by atoms with van der Waals surface area (Å²) in [5.74, 6) is -1.73. The predicted molar refractivity (Wildman–Crippen MR) is 93.6 cm³/mol. The molecule has 0 saturated carbocycles. The number of benzene rings is 1. The highest BCUT2D eigenvalue weighted by Crippen LogP contribution is 2.59. The lowest BCUT2D eigenvalue weighted by molar-refractivity contribution is -0.306. The van der Waals surface area contributed by atoms with Crippen LogP contribution in [-0.2, 0) is 0 Å². The fourth-order valence-corrected chi connectivity index (χ4v) is 3.27. The summed E-state index contributed by atoms with van der Waals surface area (Å²) < 4.78 is 161. The highest BCUT2D eigenvalue weighted by molar-refractivity contribution is 6.33. The van der Waals surface area contributed by atoms with E-state index in [1.807, 2.05) is 0 Å². The lowest BCUT2D eigenvalue weighted by Gasteiger charge is -2.42. The minimum absolute atomic E-state index is 0.0336. The van der Waals surface area contributed by atoms with Gasteiger partial charge in [-0.3, -0.25) is 4.90 Å². The maximum Gasteiger partial charge on any atom is 0.421 e. The van der Waals surface area contributed by atoms with Crippen LogP contribution in [0.4, 0.5) is 58.4 Å². The summed E-state index contributed by atoms with van der Waals surface area (Å²) in [5, 5.41) is 8.60. The molecule has 0 radical (unpaired) electrons. The third-order valence-corrected chi connectivity index (χ3v) is 4.84. The largest absolute Gasteiger partial charge is 0.421 e. The average Bonchev–Trinajstić information content (AvgIpc) is 2.62. The average molecular weight is 530 g/mol. The van der Waals surface area contributed by atoms with E-state index in [1.165, 1.54) is 6.07 Å². The maximum atomic E-state index is 13.8. The minimum Gasteiger partial charge on any atom is -0.384 e. The van der Waals surface area contributed by atoms with Crippen molar-refractivity contribution < 1.29 is 52.7 Å². The Balaban J connectivity index is 3.13. The fourth-order valence-electron chi connectivity index (χ4n) is 3.05. The summed E-state index contributed by atoms with van der Waals surface area (Å²) in [6.45, 7) is 0. The summed E-state index contributed by atoms with van der Waals surface area (Å²) in [4.78, 5) is -0.0336. The van der Waals surface area contributed by atoms with Crippen molar-refractivity contribution in [3.63, 3.8) is 0 Å². The molecular weight excluding hydrogens is 522 g/mol. The van der Waals surface area contributed by atoms with Gasteiger partial charge in [-0.05, 0) is 24.3 Å². The van der Waals surface area contributed by atoms with Gasteiger partial charge in [-0.1, -0.05) is 23.7 Å². The van der Waals surface area contributed by atoms with Crippen molar-refractivity contribution in [3.8, 4) is 6.07 Å². The van der Waals surface area contributed by atoms with Gasteiger partial charge in [0.15, 0.2) is 0 Å². The van der Waals surface area contributed by atoms with Crippen LogP contribution in [0.25, 0.3) is 0 Å². The van der Waals surface area contributed by atoms with Gasteiger partial charge in [-0.15, -0.1) is 0 Å². The van der Waals surface area contributed by atoms with Crippen molar-refractivity contribution in [1.82, 2.24) is 0 Å². The molecule has 1 aliphatic rings. The lowest BCUT2D eigenvalue weighted by atomic mass is 9.75. The first-order valence-electron chi connectivity index (χ1n) is 8.37. The molecule has 186 valence electrons. The van der Waals surface area contributed by atoms with Crippen LogP contribution in [0.3, 0.4) is 0 Å². The quantitative estimate of drug-likeness (QED) is 0.424. The first kappa shape index (κ1) is 27.2. The van der Waals surface area contributed by atoms with Crippen molar-refractivity contribution in [2.75, 3.05) is 4.90 Å². The van der Waals surface area contributed by atoms with E-state index in [-0.39, 0.29) is 4.90 Å². The number of hydrogen-bond donors (Lipinski definition) is 1. The number of alkyl halides is 12. The molecule has 34 heavy (non-hydrogen) atoms. The number of hydrogen-bond acceptors (Lipinski definition) is 3. The van der Waals surface area contributed by atoms with E-state index in [2.05, 4.69) is 0 Å². The minimum atomic E-state index is -6.46. The Morgan fingerprint density at radius 1 is 0.912 bits per heavy atom. The van der Waals surface area contributed by atoms with E-state index in [0.29, 0.717) is 6.07 Å². The Morgan fingerprint density at radius 3 is 1.76 bits per heavy atom. The Hall–Kier alpha value is -3.02. The molecule has 1 heterocycles. The third-order valence-electron chi connectivity index (χ3n) is 4.52. The Kier molecular flexibility index (Phi) is 6.67. The van der Waals surface area contributed by atoms with Gasteiger partial charge in [0.2, 0.25) is 5.41 Å². The van der Waals surface area contributed by atoms with Gasteiger partial charge >= 0.3 is 24.7 Å². The zero-order valence-corrected chi connectivity index (χ0v) is 16.6. The number of anilines is 1. The van der Waals surface area contributed by atoms with Crippen LogP contribution in [0.1, 0.15) is 0 Å². The van der Waals surface area contributed by atoms with Crippen molar-refractivity contribution in [2.45, 2.75) is 24.7 Å². The van der Waals surface area contributed by atoms with Crippen LogP contribution in [0.15, 0.2) is 59.1 Å². The first-order valence-corrected chi connectivity index (χ1v) is 8.75. The molecule has 0 amide bonds. The maximum absolute atomic E-state index is 13.8. The van der Waals surface area contributed by atoms with E-state index in [4.69, 9.17) is 22.6 Å². The predicted octanol–water partition coefficient (Wildman–Crippen LogP) is 6.90. The molecule has 0 aliphatic carbocycles. The molecule has 1 aromatic rings. The number of halogens is 13. The second-order valence-electron chi connectivity index (χ2n) is 6.59. The molecule has 0 saturated heterocycles. The molecular formula is C18H8ClF12N3. The van der Waals surface area contributed by atoms with E-state index in [0.717, 1.165) is 18.2 Å². The SMILES string of the molecule is N#CC1=C(N)N(c2ccccc2Cl)C(C=C(C(F)(F)F)C(F)(F)F)=CC1(C(F)(F)F)C(F)(F)F. The molecule has 16 heteroatoms. The smallest absolute Gasteiger partial charge is 0.384 e. The number of nitriles is 1. The second kappa shape index (κ2) is 8.33. The number of allylic oxidation sites excluding steroid dienone is 4. The number of rotatable bonds is 2. The van der Waals surface area contributed by atoms with Crippen LogP contribution in [0.5, 0.6) is 0 Å². The van der Waals surface area contributed by atoms with Crippen molar-refractivity contribution >= 4 is 17.3 Å². The lowest BCUT2D eigenvalue weighted by Crippen LogP contribution is -2.54. The Labute approximate surface area is 187 Å². The van der Waals surface area contributed by atoms with Crippen LogP contribution in [0, 0.1) is 16.7 Å². The molecule has 0 fully saturated rings. The molecule has 1 aliphatic heterocycles. The monoisotopic (exact) mass is 529 g/mol. The van der Waals surface area contributed by atoms with Gasteiger partial charge in [0.25, 0.3) is 0 Å². The summed E-state index contributed by atoms with van der Waals surface area (Å²) in [6, 6.07) is 4.69. The molecule has 0 bridgehead atoms. The van der Waals surface area contributed by atoms with Gasteiger partial charge in [0.05, 0.1) is 16.3 Å². The zero-order valence-electron chi connectivity index (χ0n) is 15.8. The van der Waals surface area contributed by atoms with Crippen LogP contribution < -0.4 is 10.6 Å². The molecule has 1 aromatic carbocycles. The summed E-state index contributed by atoms with van der Waals surface area (Å²) in [5.41, 5.74) is -8.24. The van der Waals surface area contributed by atoms with Gasteiger partial charge < -0.3 is 5.73 Å². The van der Waals surface area contributed by atoms with E-state index in [1.54, 1.807) is 0 Å². The highest BCUT2D eigenvalue weighted by Gasteiger charge is 2.74. The van der Waals surface area contributed by atoms with Crippen LogP contribution >= 0.6 is 11.6 Å². The first-order chi connectivity index (χ1) is 15.2. The second-order valence-corrected chi connectivity index (χ2v) is 6.99. The normalized spacial score (nSPS) is 17.3. The van der Waals surface area contributed by atoms with Crippen LogP contribution in [-0.4, -0.2) is 24.7 Å². The Bertz CT molecular complexity index is 1070. The molecule has 2 N–H and O–H groups in total. The zero-order chi connectivity index (χ0) is 26.5. The van der Waals surface area contributed by atoms with Gasteiger partial charge in [0.1, 0.15) is 17.5 Å². The number of para-hydroxylation sites is 1.